The van der Waals surface area contributed by atoms with Gasteiger partial charge in [0, 0.05) is 45.6 Å². The van der Waals surface area contributed by atoms with E-state index < -0.39 is 0 Å². The maximum absolute atomic E-state index is 12.4. The fourth-order valence-corrected chi connectivity index (χ4v) is 2.74. The van der Waals surface area contributed by atoms with Crippen molar-refractivity contribution in [3.63, 3.8) is 0 Å². The number of nitrogens with zero attached hydrogens (tertiary/aromatic N) is 5. The molecule has 0 radical (unpaired) electrons. The van der Waals surface area contributed by atoms with Gasteiger partial charge >= 0.3 is 0 Å². The van der Waals surface area contributed by atoms with Crippen molar-refractivity contribution in [3.05, 3.63) is 41.7 Å². The lowest BCUT2D eigenvalue weighted by molar-refractivity contribution is 0.0737. The number of aromatic nitrogens is 3. The molecule has 1 amide bonds. The molecular formula is C14H16ClN5O. The number of hydrogen-bond donors (Lipinski definition) is 0. The predicted molar refractivity (Wildman–Crippen MR) is 80.6 cm³/mol. The number of hydrogen-bond acceptors (Lipinski definition) is 4. The number of carbonyl (C=O) groups is 1. The van der Waals surface area contributed by atoms with Crippen LogP contribution in [0.1, 0.15) is 10.5 Å². The van der Waals surface area contributed by atoms with Crippen LogP contribution in [-0.2, 0) is 7.05 Å². The van der Waals surface area contributed by atoms with Crippen LogP contribution in [0.25, 0.3) is 0 Å². The van der Waals surface area contributed by atoms with Gasteiger partial charge in [-0.05, 0) is 6.07 Å². The first-order chi connectivity index (χ1) is 10.2. The minimum absolute atomic E-state index is 0.0236. The zero-order valence-electron chi connectivity index (χ0n) is 11.7. The fourth-order valence-electron chi connectivity index (χ4n) is 2.50. The highest BCUT2D eigenvalue weighted by Crippen LogP contribution is 2.25. The van der Waals surface area contributed by atoms with Crippen LogP contribution in [0.4, 0.5) is 5.69 Å². The van der Waals surface area contributed by atoms with Crippen molar-refractivity contribution in [1.82, 2.24) is 19.4 Å². The van der Waals surface area contributed by atoms with E-state index in [2.05, 4.69) is 14.9 Å². The smallest absolute Gasteiger partial charge is 0.272 e. The van der Waals surface area contributed by atoms with Gasteiger partial charge in [0.1, 0.15) is 5.69 Å². The van der Waals surface area contributed by atoms with Gasteiger partial charge in [0.15, 0.2) is 0 Å². The second-order valence-corrected chi connectivity index (χ2v) is 5.40. The highest BCUT2D eigenvalue weighted by Gasteiger charge is 2.24. The predicted octanol–water partition coefficient (Wildman–Crippen LogP) is 1.43. The first-order valence-corrected chi connectivity index (χ1v) is 7.14. The number of halogens is 1. The Morgan fingerprint density at radius 2 is 1.95 bits per heavy atom. The number of rotatable bonds is 2. The zero-order chi connectivity index (χ0) is 14.8. The minimum atomic E-state index is 0.0236. The molecule has 1 aliphatic rings. The maximum atomic E-state index is 12.4. The van der Waals surface area contributed by atoms with E-state index in [-0.39, 0.29) is 5.91 Å². The van der Waals surface area contributed by atoms with E-state index in [1.807, 2.05) is 18.0 Å². The number of pyridine rings is 1. The summed E-state index contributed by atoms with van der Waals surface area (Å²) in [5, 5.41) is 0.643. The summed E-state index contributed by atoms with van der Waals surface area (Å²) in [6, 6.07) is 1.90. The van der Waals surface area contributed by atoms with Crippen LogP contribution in [0.15, 0.2) is 31.0 Å². The largest absolute Gasteiger partial charge is 0.367 e. The van der Waals surface area contributed by atoms with Gasteiger partial charge < -0.3 is 14.4 Å². The maximum Gasteiger partial charge on any atom is 0.272 e. The summed E-state index contributed by atoms with van der Waals surface area (Å²) in [4.78, 5) is 24.4. The van der Waals surface area contributed by atoms with E-state index in [1.54, 1.807) is 29.5 Å². The molecule has 110 valence electrons. The molecule has 2 aromatic heterocycles. The van der Waals surface area contributed by atoms with Crippen molar-refractivity contribution in [2.75, 3.05) is 31.1 Å². The van der Waals surface area contributed by atoms with Crippen molar-refractivity contribution in [2.45, 2.75) is 0 Å². The standard InChI is InChI=1S/C14H16ClN5O/c1-18-10-17-9-13(18)14(21)20-6-4-19(5-7-20)12-2-3-16-8-11(12)15/h2-3,8-10H,4-7H2,1H3. The van der Waals surface area contributed by atoms with Crippen molar-refractivity contribution >= 4 is 23.2 Å². The van der Waals surface area contributed by atoms with E-state index in [4.69, 9.17) is 11.6 Å². The monoisotopic (exact) mass is 305 g/mol. The summed E-state index contributed by atoms with van der Waals surface area (Å²) in [6.45, 7) is 2.85. The van der Waals surface area contributed by atoms with Gasteiger partial charge in [0.05, 0.1) is 23.2 Å². The van der Waals surface area contributed by atoms with Gasteiger partial charge in [-0.2, -0.15) is 0 Å². The number of carbonyl (C=O) groups excluding carboxylic acids is 1. The van der Waals surface area contributed by atoms with Crippen LogP contribution in [-0.4, -0.2) is 51.5 Å². The number of anilines is 1. The van der Waals surface area contributed by atoms with Gasteiger partial charge in [-0.3, -0.25) is 9.78 Å². The lowest BCUT2D eigenvalue weighted by atomic mass is 10.2. The van der Waals surface area contributed by atoms with E-state index in [0.29, 0.717) is 23.8 Å². The summed E-state index contributed by atoms with van der Waals surface area (Å²) in [5.74, 6) is 0.0236. The zero-order valence-corrected chi connectivity index (χ0v) is 12.5. The number of piperazine rings is 1. The molecule has 1 aliphatic heterocycles. The van der Waals surface area contributed by atoms with E-state index in [0.717, 1.165) is 18.8 Å². The Morgan fingerprint density at radius 1 is 1.19 bits per heavy atom. The Kier molecular flexibility index (Phi) is 3.79. The normalized spacial score (nSPS) is 15.3. The van der Waals surface area contributed by atoms with E-state index in [1.165, 1.54) is 0 Å². The highest BCUT2D eigenvalue weighted by atomic mass is 35.5. The summed E-state index contributed by atoms with van der Waals surface area (Å²) in [5.41, 5.74) is 1.59. The van der Waals surface area contributed by atoms with Crippen LogP contribution in [0, 0.1) is 0 Å². The second kappa shape index (κ2) is 5.73. The first-order valence-electron chi connectivity index (χ1n) is 6.77. The molecular weight excluding hydrogens is 290 g/mol. The Labute approximate surface area is 128 Å². The molecule has 0 aliphatic carbocycles. The van der Waals surface area contributed by atoms with Crippen LogP contribution < -0.4 is 4.90 Å². The molecule has 0 aromatic carbocycles. The number of aryl methyl sites for hydroxylation is 1. The van der Waals surface area contributed by atoms with Gasteiger partial charge in [0.2, 0.25) is 0 Å². The molecule has 0 N–H and O–H groups in total. The summed E-state index contributed by atoms with van der Waals surface area (Å²) in [7, 11) is 1.83. The SMILES string of the molecule is Cn1cncc1C(=O)N1CCN(c2ccncc2Cl)CC1. The topological polar surface area (TPSA) is 54.3 Å². The molecule has 2 aromatic rings. The van der Waals surface area contributed by atoms with Crippen molar-refractivity contribution in [1.29, 1.82) is 0 Å². The Hall–Kier alpha value is -2.08. The van der Waals surface area contributed by atoms with Gasteiger partial charge in [0.25, 0.3) is 5.91 Å². The van der Waals surface area contributed by atoms with Crippen molar-refractivity contribution in [2.24, 2.45) is 7.05 Å². The van der Waals surface area contributed by atoms with Crippen molar-refractivity contribution in [3.8, 4) is 0 Å². The molecule has 0 atom stereocenters. The molecule has 0 unspecified atom stereocenters. The average molecular weight is 306 g/mol. The molecule has 1 saturated heterocycles. The van der Waals surface area contributed by atoms with Gasteiger partial charge in [-0.15, -0.1) is 0 Å². The van der Waals surface area contributed by atoms with Crippen molar-refractivity contribution < 1.29 is 4.79 Å². The number of imidazole rings is 1. The van der Waals surface area contributed by atoms with Crippen LogP contribution in [0.2, 0.25) is 5.02 Å². The molecule has 0 saturated carbocycles. The Balaban J connectivity index is 1.67. The van der Waals surface area contributed by atoms with Crippen LogP contribution in [0.5, 0.6) is 0 Å². The lowest BCUT2D eigenvalue weighted by Crippen LogP contribution is -2.49. The summed E-state index contributed by atoms with van der Waals surface area (Å²) in [6.07, 6.45) is 6.62. The molecule has 1 fully saturated rings. The lowest BCUT2D eigenvalue weighted by Gasteiger charge is -2.36. The molecule has 3 heterocycles. The minimum Gasteiger partial charge on any atom is -0.367 e. The third-order valence-electron chi connectivity index (χ3n) is 3.69. The first kappa shape index (κ1) is 13.9. The average Bonchev–Trinajstić information content (AvgIpc) is 2.93. The molecule has 0 bridgehead atoms. The Morgan fingerprint density at radius 3 is 2.57 bits per heavy atom. The van der Waals surface area contributed by atoms with E-state index >= 15 is 0 Å². The third kappa shape index (κ3) is 2.71. The quantitative estimate of drug-likeness (QED) is 0.842. The van der Waals surface area contributed by atoms with Gasteiger partial charge in [-0.1, -0.05) is 11.6 Å². The highest BCUT2D eigenvalue weighted by molar-refractivity contribution is 6.33. The molecule has 0 spiro atoms. The summed E-state index contributed by atoms with van der Waals surface area (Å²) < 4.78 is 1.74. The Bertz CT molecular complexity index is 648. The van der Waals surface area contributed by atoms with Crippen LogP contribution >= 0.6 is 11.6 Å². The van der Waals surface area contributed by atoms with E-state index in [9.17, 15) is 4.79 Å². The fraction of sp³-hybridized carbons (Fsp3) is 0.357. The number of amides is 1. The van der Waals surface area contributed by atoms with Gasteiger partial charge in [-0.25, -0.2) is 4.98 Å². The second-order valence-electron chi connectivity index (χ2n) is 5.00. The third-order valence-corrected chi connectivity index (χ3v) is 3.99. The molecule has 7 heteroatoms. The molecule has 21 heavy (non-hydrogen) atoms. The van der Waals surface area contributed by atoms with Crippen LogP contribution in [0.3, 0.4) is 0 Å². The molecule has 6 nitrogen and oxygen atoms in total. The molecule has 3 rings (SSSR count). The summed E-state index contributed by atoms with van der Waals surface area (Å²) >= 11 is 6.16.